The van der Waals surface area contributed by atoms with Gasteiger partial charge < -0.3 is 4.57 Å². The van der Waals surface area contributed by atoms with Crippen LogP contribution in [-0.2, 0) is 16.4 Å². The Morgan fingerprint density at radius 3 is 2.53 bits per heavy atom. The quantitative estimate of drug-likeness (QED) is 0.387. The van der Waals surface area contributed by atoms with E-state index in [1.54, 1.807) is 30.7 Å². The number of aromatic nitrogens is 4. The lowest BCUT2D eigenvalue weighted by Gasteiger charge is -2.15. The predicted molar refractivity (Wildman–Crippen MR) is 128 cm³/mol. The first kappa shape index (κ1) is 22.0. The molecule has 8 nitrogen and oxygen atoms in total. The number of fused-ring (bicyclic) bond motifs is 2. The molecular formula is C24H18ClN5O3S. The van der Waals surface area contributed by atoms with Gasteiger partial charge in [0, 0.05) is 23.6 Å². The summed E-state index contributed by atoms with van der Waals surface area (Å²) in [6.07, 6.45) is 4.83. The summed E-state index contributed by atoms with van der Waals surface area (Å²) in [6.45, 7) is 1.95. The highest BCUT2D eigenvalue weighted by atomic mass is 35.5. The molecule has 5 aromatic rings. The third-order valence-electron chi connectivity index (χ3n) is 5.58. The van der Waals surface area contributed by atoms with Crippen LogP contribution in [0.5, 0.6) is 0 Å². The SMILES string of the molecule is Cc1cccn2c(=O)c3cc(S(=O)(=O)c4ccc(Cl)cc4)c(=N)n(Cc4cccnc4)c3nc12. The molecule has 0 bridgehead atoms. The van der Waals surface area contributed by atoms with Crippen molar-refractivity contribution in [2.75, 3.05) is 0 Å². The van der Waals surface area contributed by atoms with Crippen molar-refractivity contribution in [3.8, 4) is 0 Å². The molecule has 34 heavy (non-hydrogen) atoms. The maximum Gasteiger partial charge on any atom is 0.267 e. The van der Waals surface area contributed by atoms with Crippen molar-refractivity contribution in [1.82, 2.24) is 18.9 Å². The zero-order valence-electron chi connectivity index (χ0n) is 17.9. The monoisotopic (exact) mass is 491 g/mol. The molecule has 0 atom stereocenters. The molecule has 0 radical (unpaired) electrons. The Hall–Kier alpha value is -3.82. The molecule has 5 rings (SSSR count). The molecule has 0 saturated heterocycles. The van der Waals surface area contributed by atoms with E-state index in [0.29, 0.717) is 10.7 Å². The second kappa shape index (κ2) is 8.19. The van der Waals surface area contributed by atoms with Gasteiger partial charge in [-0.05, 0) is 60.5 Å². The van der Waals surface area contributed by atoms with Crippen LogP contribution in [-0.4, -0.2) is 27.4 Å². The first-order valence-electron chi connectivity index (χ1n) is 10.3. The predicted octanol–water partition coefficient (Wildman–Crippen LogP) is 3.37. The lowest BCUT2D eigenvalue weighted by molar-refractivity contribution is 0.591. The summed E-state index contributed by atoms with van der Waals surface area (Å²) < 4.78 is 29.9. The van der Waals surface area contributed by atoms with Crippen molar-refractivity contribution in [1.29, 1.82) is 5.41 Å². The Labute approximate surface area is 199 Å². The maximum absolute atomic E-state index is 13.5. The number of aryl methyl sites for hydroxylation is 1. The summed E-state index contributed by atoms with van der Waals surface area (Å²) in [6, 6.07) is 14.0. The highest BCUT2D eigenvalue weighted by Crippen LogP contribution is 2.23. The Balaban J connectivity index is 1.89. The molecule has 0 unspecified atom stereocenters. The number of hydrogen-bond donors (Lipinski definition) is 1. The van der Waals surface area contributed by atoms with Crippen molar-refractivity contribution in [2.45, 2.75) is 23.3 Å². The number of benzene rings is 1. The molecule has 0 aliphatic heterocycles. The maximum atomic E-state index is 13.5. The Morgan fingerprint density at radius 1 is 1.06 bits per heavy atom. The van der Waals surface area contributed by atoms with Gasteiger partial charge in [-0.2, -0.15) is 0 Å². The van der Waals surface area contributed by atoms with E-state index >= 15 is 0 Å². The second-order valence-corrected chi connectivity index (χ2v) is 10.2. The molecule has 4 heterocycles. The van der Waals surface area contributed by atoms with Crippen LogP contribution in [0, 0.1) is 12.3 Å². The molecule has 0 amide bonds. The van der Waals surface area contributed by atoms with Gasteiger partial charge in [-0.25, -0.2) is 13.4 Å². The summed E-state index contributed by atoms with van der Waals surface area (Å²) in [5.74, 6) is 0. The van der Waals surface area contributed by atoms with E-state index in [-0.39, 0.29) is 32.9 Å². The number of sulfone groups is 1. The molecule has 170 valence electrons. The summed E-state index contributed by atoms with van der Waals surface area (Å²) in [7, 11) is -4.13. The van der Waals surface area contributed by atoms with E-state index in [2.05, 4.69) is 9.97 Å². The summed E-state index contributed by atoms with van der Waals surface area (Å²) in [4.78, 5) is 21.9. The fraction of sp³-hybridized carbons (Fsp3) is 0.0833. The molecule has 1 aromatic carbocycles. The van der Waals surface area contributed by atoms with Crippen LogP contribution in [0.3, 0.4) is 0 Å². The van der Waals surface area contributed by atoms with Crippen LogP contribution in [0.2, 0.25) is 5.02 Å². The normalized spacial score (nSPS) is 11.8. The van der Waals surface area contributed by atoms with E-state index in [1.165, 1.54) is 39.3 Å². The third kappa shape index (κ3) is 3.59. The molecule has 4 aromatic heterocycles. The van der Waals surface area contributed by atoms with Gasteiger partial charge in [0.15, 0.2) is 0 Å². The largest absolute Gasteiger partial charge is 0.305 e. The smallest absolute Gasteiger partial charge is 0.267 e. The van der Waals surface area contributed by atoms with Crippen molar-refractivity contribution in [2.24, 2.45) is 0 Å². The van der Waals surface area contributed by atoms with Gasteiger partial charge in [0.25, 0.3) is 5.56 Å². The van der Waals surface area contributed by atoms with Crippen molar-refractivity contribution >= 4 is 38.1 Å². The lowest BCUT2D eigenvalue weighted by Crippen LogP contribution is -2.30. The van der Waals surface area contributed by atoms with Gasteiger partial charge in [0.2, 0.25) is 9.84 Å². The van der Waals surface area contributed by atoms with Crippen molar-refractivity contribution < 1.29 is 8.42 Å². The average molecular weight is 492 g/mol. The zero-order chi connectivity index (χ0) is 24.0. The third-order valence-corrected chi connectivity index (χ3v) is 7.61. The van der Waals surface area contributed by atoms with E-state index < -0.39 is 15.4 Å². The van der Waals surface area contributed by atoms with E-state index in [0.717, 1.165) is 11.1 Å². The molecular weight excluding hydrogens is 474 g/mol. The summed E-state index contributed by atoms with van der Waals surface area (Å²) in [5, 5.41) is 9.33. The lowest BCUT2D eigenvalue weighted by atomic mass is 10.2. The number of pyridine rings is 3. The molecule has 0 saturated carbocycles. The highest BCUT2D eigenvalue weighted by Gasteiger charge is 2.24. The molecule has 1 N–H and O–H groups in total. The van der Waals surface area contributed by atoms with Crippen LogP contribution in [0.25, 0.3) is 16.7 Å². The van der Waals surface area contributed by atoms with Crippen LogP contribution >= 0.6 is 11.6 Å². The fourth-order valence-corrected chi connectivity index (χ4v) is 5.36. The summed E-state index contributed by atoms with van der Waals surface area (Å²) >= 11 is 5.93. The highest BCUT2D eigenvalue weighted by molar-refractivity contribution is 7.91. The standard InChI is InChI=1S/C24H18ClN5O3S/c1-15-4-3-11-29-22(15)28-23-19(24(29)31)12-20(34(32,33)18-8-6-17(25)7-9-18)21(26)30(23)14-16-5-2-10-27-13-16/h2-13,26H,14H2,1H3. The first-order chi connectivity index (χ1) is 16.3. The van der Waals surface area contributed by atoms with Crippen LogP contribution in [0.4, 0.5) is 0 Å². The Morgan fingerprint density at radius 2 is 1.82 bits per heavy atom. The topological polar surface area (TPSA) is 110 Å². The molecule has 0 fully saturated rings. The minimum Gasteiger partial charge on any atom is -0.305 e. The number of halogens is 1. The van der Waals surface area contributed by atoms with E-state index in [4.69, 9.17) is 17.0 Å². The zero-order valence-corrected chi connectivity index (χ0v) is 19.5. The van der Waals surface area contributed by atoms with Crippen LogP contribution in [0.15, 0.2) is 87.8 Å². The van der Waals surface area contributed by atoms with Crippen molar-refractivity contribution in [3.63, 3.8) is 0 Å². The first-order valence-corrected chi connectivity index (χ1v) is 12.1. The second-order valence-electron chi connectivity index (χ2n) is 7.80. The molecule has 0 spiro atoms. The Bertz CT molecular complexity index is 1800. The fourth-order valence-electron chi connectivity index (χ4n) is 3.84. The minimum absolute atomic E-state index is 0.0256. The Kier molecular flexibility index (Phi) is 5.30. The average Bonchev–Trinajstić information content (AvgIpc) is 2.82. The molecule has 10 heteroatoms. The molecule has 0 aliphatic rings. The van der Waals surface area contributed by atoms with Gasteiger partial charge in [0.05, 0.1) is 16.8 Å². The van der Waals surface area contributed by atoms with Crippen molar-refractivity contribution in [3.05, 3.63) is 105 Å². The van der Waals surface area contributed by atoms with Gasteiger partial charge in [0.1, 0.15) is 21.7 Å². The van der Waals surface area contributed by atoms with Crippen LogP contribution in [0.1, 0.15) is 11.1 Å². The van der Waals surface area contributed by atoms with Crippen LogP contribution < -0.4 is 11.0 Å². The minimum atomic E-state index is -4.13. The molecule has 0 aliphatic carbocycles. The van der Waals surface area contributed by atoms with Gasteiger partial charge in [-0.3, -0.25) is 19.6 Å². The van der Waals surface area contributed by atoms with Gasteiger partial charge in [-0.1, -0.05) is 23.7 Å². The summed E-state index contributed by atoms with van der Waals surface area (Å²) in [5.41, 5.74) is 1.47. The number of nitrogens with zero attached hydrogens (tertiary/aromatic N) is 4. The van der Waals surface area contributed by atoms with E-state index in [1.807, 2.05) is 19.1 Å². The van der Waals surface area contributed by atoms with E-state index in [9.17, 15) is 13.2 Å². The number of hydrogen-bond acceptors (Lipinski definition) is 6. The van der Waals surface area contributed by atoms with Gasteiger partial charge in [-0.15, -0.1) is 0 Å². The van der Waals surface area contributed by atoms with Gasteiger partial charge >= 0.3 is 0 Å². The number of rotatable bonds is 4. The number of nitrogens with one attached hydrogen (secondary N) is 1.